The highest BCUT2D eigenvalue weighted by atomic mass is 16.5. The van der Waals surface area contributed by atoms with E-state index >= 15 is 0 Å². The second-order valence-corrected chi connectivity index (χ2v) is 5.28. The van der Waals surface area contributed by atoms with Gasteiger partial charge in [0.2, 0.25) is 0 Å². The number of ether oxygens (including phenoxy) is 1. The zero-order chi connectivity index (χ0) is 16.4. The van der Waals surface area contributed by atoms with E-state index in [-0.39, 0.29) is 17.4 Å². The Morgan fingerprint density at radius 2 is 1.78 bits per heavy atom. The third-order valence-corrected chi connectivity index (χ3v) is 3.59. The third-order valence-electron chi connectivity index (χ3n) is 3.59. The number of carbonyl (C=O) groups excluding carboxylic acids is 2. The standard InChI is InChI=1S/C18H16N2O3/c1-11-3-8-14-15(9-11)20-18(22)16(19-14)10-17(21)12-4-6-13(23-2)7-5-12/h3-10,19H,1-2H3,(H,20,22). The maximum absolute atomic E-state index is 12.3. The SMILES string of the molecule is COc1ccc(C(=O)C=C2Nc3ccc(C)cc3NC2=O)cc1. The molecule has 116 valence electrons. The van der Waals surface area contributed by atoms with E-state index in [1.165, 1.54) is 6.08 Å². The Hall–Kier alpha value is -3.08. The molecule has 0 spiro atoms. The molecule has 1 amide bonds. The molecule has 23 heavy (non-hydrogen) atoms. The van der Waals surface area contributed by atoms with Gasteiger partial charge in [-0.2, -0.15) is 0 Å². The van der Waals surface area contributed by atoms with Crippen LogP contribution in [0.4, 0.5) is 11.4 Å². The summed E-state index contributed by atoms with van der Waals surface area (Å²) < 4.78 is 5.06. The summed E-state index contributed by atoms with van der Waals surface area (Å²) in [4.78, 5) is 24.4. The first-order chi connectivity index (χ1) is 11.1. The van der Waals surface area contributed by atoms with E-state index in [9.17, 15) is 9.59 Å². The predicted octanol–water partition coefficient (Wildman–Crippen LogP) is 3.13. The fourth-order valence-electron chi connectivity index (χ4n) is 2.33. The number of amides is 1. The van der Waals surface area contributed by atoms with Gasteiger partial charge in [0.1, 0.15) is 11.4 Å². The summed E-state index contributed by atoms with van der Waals surface area (Å²) >= 11 is 0. The van der Waals surface area contributed by atoms with E-state index in [4.69, 9.17) is 4.74 Å². The van der Waals surface area contributed by atoms with Crippen LogP contribution < -0.4 is 15.4 Å². The second kappa shape index (κ2) is 5.96. The van der Waals surface area contributed by atoms with Crippen LogP contribution in [-0.4, -0.2) is 18.8 Å². The number of fused-ring (bicyclic) bond motifs is 1. The Kier molecular flexibility index (Phi) is 3.85. The molecule has 0 aliphatic carbocycles. The summed E-state index contributed by atoms with van der Waals surface area (Å²) in [6, 6.07) is 12.4. The first-order valence-electron chi connectivity index (χ1n) is 7.16. The van der Waals surface area contributed by atoms with Gasteiger partial charge in [-0.15, -0.1) is 0 Å². The van der Waals surface area contributed by atoms with Gasteiger partial charge in [0.25, 0.3) is 5.91 Å². The maximum atomic E-state index is 12.3. The topological polar surface area (TPSA) is 67.4 Å². The van der Waals surface area contributed by atoms with Gasteiger partial charge in [-0.05, 0) is 48.9 Å². The molecule has 0 aromatic heterocycles. The maximum Gasteiger partial charge on any atom is 0.272 e. The molecule has 5 nitrogen and oxygen atoms in total. The summed E-state index contributed by atoms with van der Waals surface area (Å²) in [6.07, 6.45) is 1.31. The average Bonchev–Trinajstić information content (AvgIpc) is 2.55. The number of hydrogen-bond acceptors (Lipinski definition) is 4. The number of ketones is 1. The van der Waals surface area contributed by atoms with Crippen molar-refractivity contribution in [2.75, 3.05) is 17.7 Å². The van der Waals surface area contributed by atoms with Crippen molar-refractivity contribution < 1.29 is 14.3 Å². The number of allylic oxidation sites excluding steroid dienone is 1. The second-order valence-electron chi connectivity index (χ2n) is 5.28. The van der Waals surface area contributed by atoms with Gasteiger partial charge in [-0.1, -0.05) is 6.07 Å². The zero-order valence-corrected chi connectivity index (χ0v) is 12.8. The number of nitrogens with one attached hydrogen (secondary N) is 2. The zero-order valence-electron chi connectivity index (χ0n) is 12.8. The van der Waals surface area contributed by atoms with Crippen LogP contribution in [0.25, 0.3) is 0 Å². The van der Waals surface area contributed by atoms with E-state index in [0.29, 0.717) is 17.0 Å². The molecule has 0 unspecified atom stereocenters. The van der Waals surface area contributed by atoms with E-state index in [2.05, 4.69) is 10.6 Å². The Morgan fingerprint density at radius 3 is 2.48 bits per heavy atom. The molecule has 2 aromatic rings. The number of aryl methyl sites for hydroxylation is 1. The van der Waals surface area contributed by atoms with Crippen molar-refractivity contribution >= 4 is 23.1 Å². The lowest BCUT2D eigenvalue weighted by Crippen LogP contribution is -2.26. The Balaban J connectivity index is 1.85. The summed E-state index contributed by atoms with van der Waals surface area (Å²) in [5, 5.41) is 5.78. The number of hydrogen-bond donors (Lipinski definition) is 2. The van der Waals surface area contributed by atoms with Crippen LogP contribution >= 0.6 is 0 Å². The van der Waals surface area contributed by atoms with Crippen LogP contribution in [0.5, 0.6) is 5.75 Å². The molecule has 0 bridgehead atoms. The lowest BCUT2D eigenvalue weighted by atomic mass is 10.1. The smallest absolute Gasteiger partial charge is 0.272 e. The van der Waals surface area contributed by atoms with Gasteiger partial charge in [-0.25, -0.2) is 0 Å². The Labute approximate surface area is 134 Å². The fraction of sp³-hybridized carbons (Fsp3) is 0.111. The quantitative estimate of drug-likeness (QED) is 0.675. The van der Waals surface area contributed by atoms with Gasteiger partial charge in [-0.3, -0.25) is 9.59 Å². The van der Waals surface area contributed by atoms with Crippen molar-refractivity contribution in [3.05, 3.63) is 65.4 Å². The predicted molar refractivity (Wildman–Crippen MR) is 88.8 cm³/mol. The molecule has 2 N–H and O–H groups in total. The van der Waals surface area contributed by atoms with E-state index in [0.717, 1.165) is 11.3 Å². The summed E-state index contributed by atoms with van der Waals surface area (Å²) in [7, 11) is 1.56. The molecule has 1 aliphatic heterocycles. The molecule has 0 atom stereocenters. The van der Waals surface area contributed by atoms with Crippen molar-refractivity contribution in [3.8, 4) is 5.75 Å². The molecule has 1 aliphatic rings. The molecule has 5 heteroatoms. The van der Waals surface area contributed by atoms with Crippen LogP contribution in [-0.2, 0) is 4.79 Å². The Bertz CT molecular complexity index is 808. The van der Waals surface area contributed by atoms with Gasteiger partial charge in [0.15, 0.2) is 5.78 Å². The summed E-state index contributed by atoms with van der Waals surface area (Å²) in [6.45, 7) is 1.95. The molecule has 2 aromatic carbocycles. The highest BCUT2D eigenvalue weighted by molar-refractivity contribution is 6.16. The fourth-order valence-corrected chi connectivity index (χ4v) is 2.33. The van der Waals surface area contributed by atoms with Gasteiger partial charge in [0.05, 0.1) is 18.5 Å². The van der Waals surface area contributed by atoms with Crippen molar-refractivity contribution in [1.82, 2.24) is 0 Å². The lowest BCUT2D eigenvalue weighted by Gasteiger charge is -2.21. The lowest BCUT2D eigenvalue weighted by molar-refractivity contribution is -0.112. The number of rotatable bonds is 3. The molecule has 0 saturated heterocycles. The van der Waals surface area contributed by atoms with Crippen molar-refractivity contribution in [1.29, 1.82) is 0 Å². The molecule has 0 saturated carbocycles. The molecular formula is C18H16N2O3. The molecule has 0 radical (unpaired) electrons. The average molecular weight is 308 g/mol. The van der Waals surface area contributed by atoms with Crippen LogP contribution in [0.2, 0.25) is 0 Å². The first-order valence-corrected chi connectivity index (χ1v) is 7.16. The number of carbonyl (C=O) groups is 2. The third kappa shape index (κ3) is 3.08. The molecule has 0 fully saturated rings. The van der Waals surface area contributed by atoms with Crippen LogP contribution in [0.3, 0.4) is 0 Å². The van der Waals surface area contributed by atoms with E-state index in [1.807, 2.05) is 25.1 Å². The number of methoxy groups -OCH3 is 1. The highest BCUT2D eigenvalue weighted by Crippen LogP contribution is 2.28. The number of benzene rings is 2. The van der Waals surface area contributed by atoms with Crippen LogP contribution in [0.1, 0.15) is 15.9 Å². The highest BCUT2D eigenvalue weighted by Gasteiger charge is 2.20. The minimum absolute atomic E-state index is 0.224. The molecule has 3 rings (SSSR count). The van der Waals surface area contributed by atoms with Crippen molar-refractivity contribution in [2.45, 2.75) is 6.92 Å². The van der Waals surface area contributed by atoms with Gasteiger partial charge in [0, 0.05) is 11.6 Å². The first kappa shape index (κ1) is 14.8. The minimum atomic E-state index is -0.329. The molecular weight excluding hydrogens is 292 g/mol. The monoisotopic (exact) mass is 308 g/mol. The molecule has 1 heterocycles. The van der Waals surface area contributed by atoms with Gasteiger partial charge < -0.3 is 15.4 Å². The Morgan fingerprint density at radius 1 is 1.04 bits per heavy atom. The normalized spacial score (nSPS) is 14.7. The number of anilines is 2. The largest absolute Gasteiger partial charge is 0.497 e. The van der Waals surface area contributed by atoms with Crippen molar-refractivity contribution in [3.63, 3.8) is 0 Å². The minimum Gasteiger partial charge on any atom is -0.497 e. The van der Waals surface area contributed by atoms with Gasteiger partial charge >= 0.3 is 0 Å². The van der Waals surface area contributed by atoms with Crippen LogP contribution in [0, 0.1) is 6.92 Å². The van der Waals surface area contributed by atoms with E-state index in [1.54, 1.807) is 31.4 Å². The van der Waals surface area contributed by atoms with Crippen LogP contribution in [0.15, 0.2) is 54.2 Å². The summed E-state index contributed by atoms with van der Waals surface area (Å²) in [5.41, 5.74) is 3.24. The summed E-state index contributed by atoms with van der Waals surface area (Å²) in [5.74, 6) is 0.0952. The van der Waals surface area contributed by atoms with Crippen molar-refractivity contribution in [2.24, 2.45) is 0 Å². The van der Waals surface area contributed by atoms with E-state index < -0.39 is 0 Å².